The highest BCUT2D eigenvalue weighted by Gasteiger charge is 2.37. The van der Waals surface area contributed by atoms with Crippen LogP contribution in [0.3, 0.4) is 0 Å². The molecule has 1 aromatic rings. The van der Waals surface area contributed by atoms with Gasteiger partial charge >= 0.3 is 0 Å². The van der Waals surface area contributed by atoms with E-state index in [0.29, 0.717) is 18.1 Å². The summed E-state index contributed by atoms with van der Waals surface area (Å²) in [6, 6.07) is 7.92. The Morgan fingerprint density at radius 3 is 2.50 bits per heavy atom. The molecular weight excluding hydrogens is 244 g/mol. The van der Waals surface area contributed by atoms with Gasteiger partial charge in [-0.05, 0) is 62.8 Å². The van der Waals surface area contributed by atoms with Crippen molar-refractivity contribution in [1.29, 1.82) is 0 Å². The number of piperidine rings is 2. The molecule has 1 aromatic carbocycles. The van der Waals surface area contributed by atoms with Gasteiger partial charge in [-0.2, -0.15) is 0 Å². The second-order valence-electron chi connectivity index (χ2n) is 5.81. The molecular formula is C15H21ClN2. The summed E-state index contributed by atoms with van der Waals surface area (Å²) in [5.41, 5.74) is 8.83. The Labute approximate surface area is 114 Å². The highest BCUT2D eigenvalue weighted by molar-refractivity contribution is 6.30. The third-order valence-corrected chi connectivity index (χ3v) is 4.68. The molecule has 3 heteroatoms. The Hall–Kier alpha value is -0.730. The third-order valence-electron chi connectivity index (χ3n) is 4.45. The molecule has 2 unspecified atom stereocenters. The largest absolute Gasteiger partial charge is 0.365 e. The van der Waals surface area contributed by atoms with Crippen LogP contribution in [0.5, 0.6) is 0 Å². The fourth-order valence-electron chi connectivity index (χ4n) is 3.73. The van der Waals surface area contributed by atoms with E-state index in [1.807, 2.05) is 6.07 Å². The van der Waals surface area contributed by atoms with Gasteiger partial charge in [0.25, 0.3) is 0 Å². The van der Waals surface area contributed by atoms with E-state index < -0.39 is 0 Å². The Morgan fingerprint density at radius 2 is 1.89 bits per heavy atom. The van der Waals surface area contributed by atoms with Crippen LogP contribution < -0.4 is 10.6 Å². The summed E-state index contributed by atoms with van der Waals surface area (Å²) in [5, 5.41) is 0.829. The van der Waals surface area contributed by atoms with Gasteiger partial charge in [-0.1, -0.05) is 11.6 Å². The molecule has 2 bridgehead atoms. The number of aryl methyl sites for hydroxylation is 1. The lowest BCUT2D eigenvalue weighted by atomic mass is 9.81. The zero-order valence-corrected chi connectivity index (χ0v) is 11.7. The van der Waals surface area contributed by atoms with Crippen molar-refractivity contribution in [3.63, 3.8) is 0 Å². The average molecular weight is 265 g/mol. The van der Waals surface area contributed by atoms with Gasteiger partial charge in [0.05, 0.1) is 0 Å². The maximum Gasteiger partial charge on any atom is 0.0410 e. The third kappa shape index (κ3) is 2.12. The second-order valence-corrected chi connectivity index (χ2v) is 6.24. The fraction of sp³-hybridized carbons (Fsp3) is 0.600. The van der Waals surface area contributed by atoms with E-state index >= 15 is 0 Å². The zero-order valence-electron chi connectivity index (χ0n) is 10.9. The first-order valence-electron chi connectivity index (χ1n) is 6.95. The van der Waals surface area contributed by atoms with Crippen LogP contribution in [-0.2, 0) is 0 Å². The molecule has 0 spiro atoms. The standard InChI is InChI=1S/C15H21ClN2/c1-10-7-11(16)5-6-15(10)18-13-3-2-4-14(18)9-12(17)8-13/h5-7,12-14H,2-4,8-9,17H2,1H3. The van der Waals surface area contributed by atoms with Gasteiger partial charge in [-0.3, -0.25) is 0 Å². The zero-order chi connectivity index (χ0) is 12.7. The monoisotopic (exact) mass is 264 g/mol. The number of halogens is 1. The molecule has 98 valence electrons. The van der Waals surface area contributed by atoms with Crippen molar-refractivity contribution in [2.75, 3.05) is 4.90 Å². The van der Waals surface area contributed by atoms with E-state index in [1.165, 1.54) is 30.5 Å². The number of hydrogen-bond acceptors (Lipinski definition) is 2. The number of hydrogen-bond donors (Lipinski definition) is 1. The second kappa shape index (κ2) is 4.75. The molecule has 0 aromatic heterocycles. The van der Waals surface area contributed by atoms with E-state index in [1.54, 1.807) is 0 Å². The summed E-state index contributed by atoms with van der Waals surface area (Å²) in [6.45, 7) is 2.16. The Morgan fingerprint density at radius 1 is 1.22 bits per heavy atom. The molecule has 2 fully saturated rings. The van der Waals surface area contributed by atoms with Gasteiger partial charge in [0.2, 0.25) is 0 Å². The molecule has 2 heterocycles. The topological polar surface area (TPSA) is 29.3 Å². The molecule has 2 saturated heterocycles. The Kier molecular flexibility index (Phi) is 3.25. The summed E-state index contributed by atoms with van der Waals surface area (Å²) >= 11 is 6.06. The SMILES string of the molecule is Cc1cc(Cl)ccc1N1C2CCCC1CC(N)C2. The van der Waals surface area contributed by atoms with Crippen molar-refractivity contribution in [2.24, 2.45) is 5.73 Å². The van der Waals surface area contributed by atoms with Crippen LogP contribution in [0.2, 0.25) is 5.02 Å². The van der Waals surface area contributed by atoms with Crippen LogP contribution in [-0.4, -0.2) is 18.1 Å². The van der Waals surface area contributed by atoms with Crippen molar-refractivity contribution >= 4 is 17.3 Å². The first kappa shape index (κ1) is 12.3. The van der Waals surface area contributed by atoms with Crippen LogP contribution >= 0.6 is 11.6 Å². The number of nitrogens with two attached hydrogens (primary N) is 1. The van der Waals surface area contributed by atoms with E-state index in [9.17, 15) is 0 Å². The van der Waals surface area contributed by atoms with Gasteiger partial charge in [0, 0.05) is 28.8 Å². The van der Waals surface area contributed by atoms with E-state index in [-0.39, 0.29) is 0 Å². The van der Waals surface area contributed by atoms with Gasteiger partial charge in [-0.25, -0.2) is 0 Å². The molecule has 2 atom stereocenters. The van der Waals surface area contributed by atoms with Crippen LogP contribution in [0.4, 0.5) is 5.69 Å². The lowest BCUT2D eigenvalue weighted by molar-refractivity contribution is 0.271. The number of anilines is 1. The van der Waals surface area contributed by atoms with Crippen LogP contribution in [0.25, 0.3) is 0 Å². The minimum absolute atomic E-state index is 0.393. The molecule has 2 N–H and O–H groups in total. The number of nitrogens with zero attached hydrogens (tertiary/aromatic N) is 1. The summed E-state index contributed by atoms with van der Waals surface area (Å²) in [7, 11) is 0. The highest BCUT2D eigenvalue weighted by Crippen LogP contribution is 2.39. The highest BCUT2D eigenvalue weighted by atomic mass is 35.5. The molecule has 0 amide bonds. The maximum atomic E-state index is 6.18. The molecule has 2 nitrogen and oxygen atoms in total. The Balaban J connectivity index is 1.95. The minimum atomic E-state index is 0.393. The maximum absolute atomic E-state index is 6.18. The van der Waals surface area contributed by atoms with Gasteiger partial charge in [-0.15, -0.1) is 0 Å². The lowest BCUT2D eigenvalue weighted by Crippen LogP contribution is -2.55. The van der Waals surface area contributed by atoms with Gasteiger partial charge < -0.3 is 10.6 Å². The van der Waals surface area contributed by atoms with Crippen molar-refractivity contribution < 1.29 is 0 Å². The Bertz CT molecular complexity index is 432. The number of rotatable bonds is 1. The minimum Gasteiger partial charge on any atom is -0.365 e. The van der Waals surface area contributed by atoms with Crippen LogP contribution in [0, 0.1) is 6.92 Å². The number of benzene rings is 1. The fourth-order valence-corrected chi connectivity index (χ4v) is 3.95. The first-order valence-corrected chi connectivity index (χ1v) is 7.33. The molecule has 0 aliphatic carbocycles. The summed E-state index contributed by atoms with van der Waals surface area (Å²) in [4.78, 5) is 2.62. The normalized spacial score (nSPS) is 31.5. The molecule has 0 saturated carbocycles. The van der Waals surface area contributed by atoms with Crippen molar-refractivity contribution in [3.05, 3.63) is 28.8 Å². The van der Waals surface area contributed by atoms with Gasteiger partial charge in [0.15, 0.2) is 0 Å². The van der Waals surface area contributed by atoms with E-state index in [0.717, 1.165) is 17.9 Å². The molecule has 3 rings (SSSR count). The number of fused-ring (bicyclic) bond motifs is 2. The summed E-state index contributed by atoms with van der Waals surface area (Å²) in [6.07, 6.45) is 6.20. The van der Waals surface area contributed by atoms with Crippen molar-refractivity contribution in [3.8, 4) is 0 Å². The van der Waals surface area contributed by atoms with E-state index in [2.05, 4.69) is 24.0 Å². The predicted molar refractivity (Wildman–Crippen MR) is 77.3 cm³/mol. The quantitative estimate of drug-likeness (QED) is 0.841. The smallest absolute Gasteiger partial charge is 0.0410 e. The summed E-state index contributed by atoms with van der Waals surface area (Å²) in [5.74, 6) is 0. The van der Waals surface area contributed by atoms with Crippen molar-refractivity contribution in [2.45, 2.75) is 57.2 Å². The van der Waals surface area contributed by atoms with Crippen LogP contribution in [0.1, 0.15) is 37.7 Å². The van der Waals surface area contributed by atoms with E-state index in [4.69, 9.17) is 17.3 Å². The average Bonchev–Trinajstić information content (AvgIpc) is 2.28. The van der Waals surface area contributed by atoms with Gasteiger partial charge in [0.1, 0.15) is 0 Å². The molecule has 2 aliphatic rings. The molecule has 2 aliphatic heterocycles. The lowest BCUT2D eigenvalue weighted by Gasteiger charge is -2.50. The molecule has 0 radical (unpaired) electrons. The van der Waals surface area contributed by atoms with Crippen LogP contribution in [0.15, 0.2) is 18.2 Å². The summed E-state index contributed by atoms with van der Waals surface area (Å²) < 4.78 is 0. The molecule has 18 heavy (non-hydrogen) atoms. The first-order chi connectivity index (χ1) is 8.65. The predicted octanol–water partition coefficient (Wildman–Crippen LogP) is 3.50. The van der Waals surface area contributed by atoms with Crippen molar-refractivity contribution in [1.82, 2.24) is 0 Å².